The van der Waals surface area contributed by atoms with Gasteiger partial charge in [-0.3, -0.25) is 4.68 Å². The van der Waals surface area contributed by atoms with Gasteiger partial charge in [0.1, 0.15) is 0 Å². The lowest BCUT2D eigenvalue weighted by molar-refractivity contribution is -0.137. The van der Waals surface area contributed by atoms with Gasteiger partial charge in [-0.25, -0.2) is 0 Å². The zero-order valence-corrected chi connectivity index (χ0v) is 10.2. The number of hydrogen-bond acceptors (Lipinski definition) is 3. The molecule has 2 rings (SSSR count). The number of benzene rings is 1. The van der Waals surface area contributed by atoms with Crippen molar-refractivity contribution in [3.05, 3.63) is 53.3 Å². The lowest BCUT2D eigenvalue weighted by Gasteiger charge is -2.05. The van der Waals surface area contributed by atoms with Gasteiger partial charge in [0, 0.05) is 11.8 Å². The van der Waals surface area contributed by atoms with Crippen LogP contribution in [-0.4, -0.2) is 20.8 Å². The molecule has 0 aliphatic heterocycles. The van der Waals surface area contributed by atoms with Crippen molar-refractivity contribution in [2.24, 2.45) is 10.9 Å². The summed E-state index contributed by atoms with van der Waals surface area (Å²) in [6.07, 6.45) is -2.71. The molecule has 0 unspecified atom stereocenters. The molecule has 0 spiro atoms. The quantitative estimate of drug-likeness (QED) is 0.392. The Labute approximate surface area is 112 Å². The molecule has 2 aromatic rings. The maximum absolute atomic E-state index is 12.4. The number of nitrogens with two attached hydrogens (primary N) is 1. The first-order valence-corrected chi connectivity index (χ1v) is 5.56. The largest absolute Gasteiger partial charge is 0.419 e. The van der Waals surface area contributed by atoms with Crippen LogP contribution in [0.4, 0.5) is 13.2 Å². The van der Waals surface area contributed by atoms with Crippen molar-refractivity contribution in [3.63, 3.8) is 0 Å². The van der Waals surface area contributed by atoms with Crippen LogP contribution >= 0.6 is 0 Å². The number of rotatable bonds is 3. The van der Waals surface area contributed by atoms with Gasteiger partial charge in [0.05, 0.1) is 18.3 Å². The van der Waals surface area contributed by atoms with E-state index in [1.165, 1.54) is 4.68 Å². The van der Waals surface area contributed by atoms with E-state index in [1.54, 1.807) is 24.3 Å². The number of amidine groups is 1. The van der Waals surface area contributed by atoms with Gasteiger partial charge in [-0.05, 0) is 11.6 Å². The van der Waals surface area contributed by atoms with Crippen molar-refractivity contribution < 1.29 is 18.4 Å². The molecule has 0 aliphatic carbocycles. The lowest BCUT2D eigenvalue weighted by atomic mass is 10.1. The van der Waals surface area contributed by atoms with Gasteiger partial charge < -0.3 is 10.9 Å². The van der Waals surface area contributed by atoms with E-state index in [-0.39, 0.29) is 12.4 Å². The third kappa shape index (κ3) is 3.08. The summed E-state index contributed by atoms with van der Waals surface area (Å²) >= 11 is 0. The minimum atomic E-state index is -4.41. The second-order valence-corrected chi connectivity index (χ2v) is 4.11. The molecule has 0 fully saturated rings. The van der Waals surface area contributed by atoms with E-state index >= 15 is 0 Å². The minimum Gasteiger partial charge on any atom is -0.409 e. The third-order valence-corrected chi connectivity index (χ3v) is 2.64. The smallest absolute Gasteiger partial charge is 0.409 e. The fraction of sp³-hybridized carbons (Fsp3) is 0.167. The van der Waals surface area contributed by atoms with E-state index in [9.17, 15) is 13.2 Å². The summed E-state index contributed by atoms with van der Waals surface area (Å²) in [5.41, 5.74) is 5.81. The molecule has 8 heteroatoms. The van der Waals surface area contributed by atoms with E-state index < -0.39 is 11.7 Å². The zero-order valence-electron chi connectivity index (χ0n) is 10.2. The zero-order chi connectivity index (χ0) is 14.8. The first-order chi connectivity index (χ1) is 9.40. The molecule has 1 heterocycles. The fourth-order valence-electron chi connectivity index (χ4n) is 1.67. The molecule has 0 radical (unpaired) electrons. The standard InChI is InChI=1S/C12H11F3N4O/c13-12(14,15)10-5-17-19(7-10)6-8-2-1-3-9(4-8)11(16)18-20/h1-5,7,20H,6H2,(H2,16,18). The maximum atomic E-state index is 12.4. The molecule has 0 amide bonds. The fourth-order valence-corrected chi connectivity index (χ4v) is 1.67. The van der Waals surface area contributed by atoms with Crippen molar-refractivity contribution in [2.75, 3.05) is 0 Å². The van der Waals surface area contributed by atoms with Crippen molar-refractivity contribution in [1.82, 2.24) is 9.78 Å². The number of aromatic nitrogens is 2. The monoisotopic (exact) mass is 284 g/mol. The van der Waals surface area contributed by atoms with Crippen molar-refractivity contribution in [1.29, 1.82) is 0 Å². The Morgan fingerprint density at radius 3 is 2.75 bits per heavy atom. The Morgan fingerprint density at radius 2 is 2.15 bits per heavy atom. The highest BCUT2D eigenvalue weighted by Gasteiger charge is 2.32. The molecule has 0 aliphatic rings. The normalized spacial score (nSPS) is 12.7. The Hall–Kier alpha value is -2.51. The van der Waals surface area contributed by atoms with Crippen LogP contribution in [0, 0.1) is 0 Å². The van der Waals surface area contributed by atoms with E-state index in [0.717, 1.165) is 12.4 Å². The van der Waals surface area contributed by atoms with Crippen LogP contribution in [-0.2, 0) is 12.7 Å². The van der Waals surface area contributed by atoms with Crippen molar-refractivity contribution in [2.45, 2.75) is 12.7 Å². The summed E-state index contributed by atoms with van der Waals surface area (Å²) in [5, 5.41) is 15.1. The average molecular weight is 284 g/mol. The summed E-state index contributed by atoms with van der Waals surface area (Å²) in [6.45, 7) is 0.155. The van der Waals surface area contributed by atoms with Crippen LogP contribution in [0.1, 0.15) is 16.7 Å². The third-order valence-electron chi connectivity index (χ3n) is 2.64. The maximum Gasteiger partial charge on any atom is 0.419 e. The van der Waals surface area contributed by atoms with Crippen LogP contribution in [0.15, 0.2) is 41.8 Å². The Morgan fingerprint density at radius 1 is 1.40 bits per heavy atom. The molecule has 106 valence electrons. The van der Waals surface area contributed by atoms with Gasteiger partial charge in [-0.1, -0.05) is 23.4 Å². The number of oxime groups is 1. The minimum absolute atomic E-state index is 0.0664. The van der Waals surface area contributed by atoms with Gasteiger partial charge in [0.25, 0.3) is 0 Å². The summed E-state index contributed by atoms with van der Waals surface area (Å²) in [4.78, 5) is 0. The highest BCUT2D eigenvalue weighted by Crippen LogP contribution is 2.28. The van der Waals surface area contributed by atoms with Gasteiger partial charge in [0.2, 0.25) is 0 Å². The van der Waals surface area contributed by atoms with E-state index in [4.69, 9.17) is 10.9 Å². The van der Waals surface area contributed by atoms with Gasteiger partial charge in [-0.15, -0.1) is 0 Å². The number of alkyl halides is 3. The highest BCUT2D eigenvalue weighted by molar-refractivity contribution is 5.97. The Balaban J connectivity index is 2.20. The van der Waals surface area contributed by atoms with Crippen molar-refractivity contribution in [3.8, 4) is 0 Å². The summed E-state index contributed by atoms with van der Waals surface area (Å²) in [7, 11) is 0. The topological polar surface area (TPSA) is 76.4 Å². The molecular weight excluding hydrogens is 273 g/mol. The van der Waals surface area contributed by atoms with Gasteiger partial charge in [0.15, 0.2) is 5.84 Å². The lowest BCUT2D eigenvalue weighted by Crippen LogP contribution is -2.13. The number of nitrogens with zero attached hydrogens (tertiary/aromatic N) is 3. The Bertz CT molecular complexity index is 634. The van der Waals surface area contributed by atoms with Gasteiger partial charge >= 0.3 is 6.18 Å². The Kier molecular flexibility index (Phi) is 3.64. The van der Waals surface area contributed by atoms with Gasteiger partial charge in [-0.2, -0.15) is 18.3 Å². The van der Waals surface area contributed by atoms with Crippen molar-refractivity contribution >= 4 is 5.84 Å². The molecule has 0 atom stereocenters. The SMILES string of the molecule is NC(=NO)c1cccc(Cn2cc(C(F)(F)F)cn2)c1. The van der Waals surface area contributed by atoms with Crippen LogP contribution in [0.25, 0.3) is 0 Å². The summed E-state index contributed by atoms with van der Waals surface area (Å²) in [5.74, 6) is -0.0664. The van der Waals surface area contributed by atoms with Crippen LogP contribution in [0.2, 0.25) is 0 Å². The molecule has 1 aromatic heterocycles. The molecule has 0 saturated heterocycles. The average Bonchev–Trinajstić information content (AvgIpc) is 2.86. The van der Waals surface area contributed by atoms with E-state index in [0.29, 0.717) is 11.1 Å². The molecule has 0 saturated carbocycles. The molecule has 5 nitrogen and oxygen atoms in total. The van der Waals surface area contributed by atoms with E-state index in [1.807, 2.05) is 0 Å². The highest BCUT2D eigenvalue weighted by atomic mass is 19.4. The summed E-state index contributed by atoms with van der Waals surface area (Å²) in [6, 6.07) is 6.62. The first kappa shape index (κ1) is 13.9. The van der Waals surface area contributed by atoms with E-state index in [2.05, 4.69) is 10.3 Å². The second-order valence-electron chi connectivity index (χ2n) is 4.11. The molecule has 1 aromatic carbocycles. The summed E-state index contributed by atoms with van der Waals surface area (Å²) < 4.78 is 38.5. The molecule has 3 N–H and O–H groups in total. The van der Waals surface area contributed by atoms with Crippen LogP contribution in [0.3, 0.4) is 0 Å². The van der Waals surface area contributed by atoms with Crippen LogP contribution < -0.4 is 5.73 Å². The predicted octanol–water partition coefficient (Wildman–Crippen LogP) is 2.04. The predicted molar refractivity (Wildman–Crippen MR) is 65.3 cm³/mol. The molecule has 0 bridgehead atoms. The first-order valence-electron chi connectivity index (χ1n) is 5.56. The van der Waals surface area contributed by atoms with Crippen LogP contribution in [0.5, 0.6) is 0 Å². The molecular formula is C12H11F3N4O. The number of halogens is 3. The number of hydrogen-bond donors (Lipinski definition) is 2. The second kappa shape index (κ2) is 5.24. The molecule has 20 heavy (non-hydrogen) atoms.